The molecule has 1 aliphatic heterocycles. The lowest BCUT2D eigenvalue weighted by atomic mass is 9.97. The molecule has 0 amide bonds. The molecule has 0 bridgehead atoms. The number of piperidine rings is 1. The summed E-state index contributed by atoms with van der Waals surface area (Å²) in [4.78, 5) is 12.3. The molecule has 37 heavy (non-hydrogen) atoms. The number of halogens is 3. The molecular weight excluding hydrogens is 473 g/mol. The van der Waals surface area contributed by atoms with Gasteiger partial charge in [0.1, 0.15) is 11.6 Å². The molecule has 0 spiro atoms. The van der Waals surface area contributed by atoms with Gasteiger partial charge in [0.15, 0.2) is 0 Å². The molecule has 2 heterocycles. The van der Waals surface area contributed by atoms with Gasteiger partial charge in [-0.2, -0.15) is 13.2 Å². The number of aryl methyl sites for hydroxylation is 1. The Morgan fingerprint density at radius 1 is 1.03 bits per heavy atom. The van der Waals surface area contributed by atoms with Crippen molar-refractivity contribution < 1.29 is 13.2 Å². The van der Waals surface area contributed by atoms with Crippen LogP contribution in [0.1, 0.15) is 72.3 Å². The zero-order valence-electron chi connectivity index (χ0n) is 21.7. The largest absolute Gasteiger partial charge is 0.395 e. The molecule has 3 aromatic rings. The molecule has 1 aliphatic carbocycles. The van der Waals surface area contributed by atoms with Gasteiger partial charge in [0.2, 0.25) is 0 Å². The highest BCUT2D eigenvalue weighted by atomic mass is 19.4. The Kier molecular flexibility index (Phi) is 7.52. The zero-order chi connectivity index (χ0) is 26.0. The van der Waals surface area contributed by atoms with Crippen molar-refractivity contribution >= 4 is 5.82 Å². The Labute approximate surface area is 217 Å². The third-order valence-electron chi connectivity index (χ3n) is 7.61. The average Bonchev–Trinajstić information content (AvgIpc) is 3.23. The number of nitrogens with one attached hydrogen (secondary N) is 1. The lowest BCUT2D eigenvalue weighted by Crippen LogP contribution is -2.31. The van der Waals surface area contributed by atoms with Crippen molar-refractivity contribution in [1.29, 1.82) is 0 Å². The van der Waals surface area contributed by atoms with Crippen molar-refractivity contribution in [3.05, 3.63) is 76.2 Å². The molecule has 2 aliphatic rings. The van der Waals surface area contributed by atoms with Gasteiger partial charge in [-0.25, -0.2) is 9.97 Å². The predicted octanol–water partition coefficient (Wildman–Crippen LogP) is 6.90. The van der Waals surface area contributed by atoms with Crippen LogP contribution in [0, 0.1) is 6.92 Å². The van der Waals surface area contributed by atoms with Crippen LogP contribution in [-0.4, -0.2) is 47.2 Å². The number of hydrogen-bond donors (Lipinski definition) is 1. The van der Waals surface area contributed by atoms with E-state index in [-0.39, 0.29) is 5.56 Å². The lowest BCUT2D eigenvalue weighted by Gasteiger charge is -2.26. The fourth-order valence-electron chi connectivity index (χ4n) is 5.51. The number of hydrogen-bond acceptors (Lipinski definition) is 4. The summed E-state index contributed by atoms with van der Waals surface area (Å²) in [6.07, 6.45) is 1.81. The van der Waals surface area contributed by atoms with Gasteiger partial charge in [0, 0.05) is 24.9 Å². The van der Waals surface area contributed by atoms with Gasteiger partial charge in [-0.05, 0) is 75.0 Å². The van der Waals surface area contributed by atoms with E-state index >= 15 is 0 Å². The van der Waals surface area contributed by atoms with Crippen molar-refractivity contribution in [1.82, 2.24) is 14.9 Å². The molecule has 196 valence electrons. The summed E-state index contributed by atoms with van der Waals surface area (Å²) in [7, 11) is 0. The van der Waals surface area contributed by atoms with Crippen LogP contribution in [0.15, 0.2) is 42.5 Å². The molecule has 1 atom stereocenters. The predicted molar refractivity (Wildman–Crippen MR) is 142 cm³/mol. The molecule has 1 N–H and O–H groups in total. The van der Waals surface area contributed by atoms with E-state index in [4.69, 9.17) is 9.97 Å². The molecule has 2 aromatic carbocycles. The van der Waals surface area contributed by atoms with E-state index in [0.717, 1.165) is 48.6 Å². The minimum Gasteiger partial charge on any atom is -0.369 e. The van der Waals surface area contributed by atoms with Crippen LogP contribution in [0.2, 0.25) is 0 Å². The van der Waals surface area contributed by atoms with Crippen LogP contribution in [0.5, 0.6) is 0 Å². The van der Waals surface area contributed by atoms with E-state index < -0.39 is 12.1 Å². The highest BCUT2D eigenvalue weighted by Gasteiger charge is 2.37. The van der Waals surface area contributed by atoms with Gasteiger partial charge in [-0.3, -0.25) is 0 Å². The summed E-state index contributed by atoms with van der Waals surface area (Å²) in [6.45, 7) is 7.56. The quantitative estimate of drug-likeness (QED) is 0.263. The molecule has 4 nitrogen and oxygen atoms in total. The monoisotopic (exact) mass is 508 g/mol. The molecule has 1 saturated heterocycles. The summed E-state index contributed by atoms with van der Waals surface area (Å²) in [5.41, 5.74) is 6.75. The second kappa shape index (κ2) is 10.8. The van der Waals surface area contributed by atoms with E-state index in [1.54, 1.807) is 18.2 Å². The van der Waals surface area contributed by atoms with Crippen LogP contribution < -0.4 is 5.32 Å². The first kappa shape index (κ1) is 25.7. The van der Waals surface area contributed by atoms with Crippen molar-refractivity contribution in [3.63, 3.8) is 0 Å². The van der Waals surface area contributed by atoms with Crippen molar-refractivity contribution in [2.24, 2.45) is 0 Å². The number of anilines is 1. The highest BCUT2D eigenvalue weighted by molar-refractivity contribution is 5.84. The normalized spacial score (nSPS) is 16.4. The Bertz CT molecular complexity index is 1250. The van der Waals surface area contributed by atoms with Gasteiger partial charge in [-0.15, -0.1) is 0 Å². The van der Waals surface area contributed by atoms with Crippen LogP contribution in [-0.2, 0) is 12.8 Å². The maximum absolute atomic E-state index is 13.3. The van der Waals surface area contributed by atoms with Gasteiger partial charge >= 0.3 is 6.18 Å². The molecule has 7 heteroatoms. The van der Waals surface area contributed by atoms with Crippen LogP contribution in [0.25, 0.3) is 11.1 Å². The van der Waals surface area contributed by atoms with E-state index in [9.17, 15) is 13.2 Å². The standard InChI is InChI=1S/C30H35F3N4/c1-20-10-11-25-24(16-20)19-26-28(25)29(34-12-7-15-37-13-4-3-5-14-37)36-27(35-26)18-22-8-6-9-23(17-22)21(2)30(31,32)33/h6,8-11,16-17,21H,3-5,7,12-15,18-19H2,1-2H3,(H,34,35,36). The van der Waals surface area contributed by atoms with Gasteiger partial charge in [-0.1, -0.05) is 54.4 Å². The summed E-state index contributed by atoms with van der Waals surface area (Å²) in [5, 5.41) is 3.59. The van der Waals surface area contributed by atoms with Crippen molar-refractivity contribution in [3.8, 4) is 11.1 Å². The van der Waals surface area contributed by atoms with Gasteiger partial charge in [0.05, 0.1) is 11.6 Å². The summed E-state index contributed by atoms with van der Waals surface area (Å²) < 4.78 is 39.9. The van der Waals surface area contributed by atoms with E-state index in [2.05, 4.69) is 35.3 Å². The molecule has 1 unspecified atom stereocenters. The number of likely N-dealkylation sites (tertiary alicyclic amines) is 1. The third-order valence-corrected chi connectivity index (χ3v) is 7.61. The first-order valence-electron chi connectivity index (χ1n) is 13.4. The van der Waals surface area contributed by atoms with E-state index in [1.807, 2.05) is 6.07 Å². The minimum atomic E-state index is -4.27. The smallest absolute Gasteiger partial charge is 0.369 e. The first-order valence-corrected chi connectivity index (χ1v) is 13.4. The van der Waals surface area contributed by atoms with Gasteiger partial charge < -0.3 is 10.2 Å². The summed E-state index contributed by atoms with van der Waals surface area (Å²) >= 11 is 0. The number of benzene rings is 2. The summed E-state index contributed by atoms with van der Waals surface area (Å²) in [6, 6.07) is 13.2. The molecular formula is C30H35F3N4. The van der Waals surface area contributed by atoms with Crippen molar-refractivity contribution in [2.75, 3.05) is 31.5 Å². The van der Waals surface area contributed by atoms with Gasteiger partial charge in [0.25, 0.3) is 0 Å². The second-order valence-electron chi connectivity index (χ2n) is 10.5. The highest BCUT2D eigenvalue weighted by Crippen LogP contribution is 2.40. The first-order chi connectivity index (χ1) is 17.8. The van der Waals surface area contributed by atoms with E-state index in [1.165, 1.54) is 56.0 Å². The maximum Gasteiger partial charge on any atom is 0.395 e. The number of alkyl halides is 3. The minimum absolute atomic E-state index is 0.269. The molecule has 0 saturated carbocycles. The molecule has 1 aromatic heterocycles. The Balaban J connectivity index is 1.38. The van der Waals surface area contributed by atoms with Crippen molar-refractivity contribution in [2.45, 2.75) is 64.5 Å². The molecule has 5 rings (SSSR count). The SMILES string of the molecule is Cc1ccc2c(c1)Cc1nc(Cc3cccc(C(C)C(F)(F)F)c3)nc(NCCCN3CCCCC3)c1-2. The topological polar surface area (TPSA) is 41.1 Å². The number of aromatic nitrogens is 2. The summed E-state index contributed by atoms with van der Waals surface area (Å²) in [5.74, 6) is -0.0389. The number of nitrogens with zero attached hydrogens (tertiary/aromatic N) is 3. The second-order valence-corrected chi connectivity index (χ2v) is 10.5. The third kappa shape index (κ3) is 5.98. The van der Waals surface area contributed by atoms with Crippen LogP contribution in [0.3, 0.4) is 0 Å². The Morgan fingerprint density at radius 3 is 2.62 bits per heavy atom. The maximum atomic E-state index is 13.3. The fraction of sp³-hybridized carbons (Fsp3) is 0.467. The number of fused-ring (bicyclic) bond motifs is 3. The molecule has 1 fully saturated rings. The Hall–Kier alpha value is -2.93. The number of rotatable bonds is 8. The van der Waals surface area contributed by atoms with Crippen LogP contribution >= 0.6 is 0 Å². The Morgan fingerprint density at radius 2 is 1.84 bits per heavy atom. The lowest BCUT2D eigenvalue weighted by molar-refractivity contribution is -0.146. The fourth-order valence-corrected chi connectivity index (χ4v) is 5.51. The zero-order valence-corrected chi connectivity index (χ0v) is 21.7. The molecule has 0 radical (unpaired) electrons. The van der Waals surface area contributed by atoms with Crippen LogP contribution in [0.4, 0.5) is 19.0 Å². The van der Waals surface area contributed by atoms with E-state index in [0.29, 0.717) is 12.2 Å². The average molecular weight is 509 g/mol.